The van der Waals surface area contributed by atoms with E-state index in [1.807, 2.05) is 10.6 Å². The Labute approximate surface area is 134 Å². The van der Waals surface area contributed by atoms with Gasteiger partial charge in [-0.1, -0.05) is 23.2 Å². The van der Waals surface area contributed by atoms with Crippen LogP contribution in [0.2, 0.25) is 10.0 Å². The third-order valence-electron chi connectivity index (χ3n) is 4.13. The number of imidazole rings is 1. The first-order valence-corrected chi connectivity index (χ1v) is 8.12. The minimum atomic E-state index is -0.226. The summed E-state index contributed by atoms with van der Waals surface area (Å²) < 4.78 is 2.04. The lowest BCUT2D eigenvalue weighted by Crippen LogP contribution is -2.44. The van der Waals surface area contributed by atoms with Crippen molar-refractivity contribution in [3.05, 3.63) is 28.5 Å². The predicted octanol–water partition coefficient (Wildman–Crippen LogP) is 3.24. The minimum absolute atomic E-state index is 0.201. The fraction of sp³-hybridized carbons (Fsp3) is 0.533. The highest BCUT2D eigenvalue weighted by Gasteiger charge is 2.21. The maximum Gasteiger partial charge on any atom is 0.0958 e. The van der Waals surface area contributed by atoms with Gasteiger partial charge in [-0.25, -0.2) is 4.98 Å². The van der Waals surface area contributed by atoms with Crippen LogP contribution in [0.3, 0.4) is 0 Å². The van der Waals surface area contributed by atoms with Gasteiger partial charge < -0.3 is 15.0 Å². The highest BCUT2D eigenvalue weighted by Crippen LogP contribution is 2.30. The Hall–Kier alpha value is -0.810. The number of fused-ring (bicyclic) bond motifs is 1. The molecule has 1 aliphatic rings. The number of hydrogen-bond donors (Lipinski definition) is 2. The number of hydrogen-bond acceptors (Lipinski definition) is 3. The van der Waals surface area contributed by atoms with Crippen molar-refractivity contribution in [1.82, 2.24) is 14.9 Å². The molecule has 4 nitrogen and oxygen atoms in total. The van der Waals surface area contributed by atoms with Gasteiger partial charge in [-0.15, -0.1) is 0 Å². The highest BCUT2D eigenvalue weighted by molar-refractivity contribution is 6.44. The van der Waals surface area contributed by atoms with Crippen LogP contribution in [-0.4, -0.2) is 33.3 Å². The Balaban J connectivity index is 1.67. The van der Waals surface area contributed by atoms with Gasteiger partial charge in [0, 0.05) is 12.6 Å². The summed E-state index contributed by atoms with van der Waals surface area (Å²) in [6.45, 7) is 1.82. The third-order valence-corrected chi connectivity index (χ3v) is 4.93. The van der Waals surface area contributed by atoms with E-state index in [0.717, 1.165) is 49.8 Å². The summed E-state index contributed by atoms with van der Waals surface area (Å²) in [6.07, 6.45) is 5.43. The molecule has 0 spiro atoms. The van der Waals surface area contributed by atoms with Crippen molar-refractivity contribution in [3.63, 3.8) is 0 Å². The van der Waals surface area contributed by atoms with Gasteiger partial charge >= 0.3 is 0 Å². The van der Waals surface area contributed by atoms with Crippen LogP contribution in [0.25, 0.3) is 11.0 Å². The Kier molecular flexibility index (Phi) is 4.69. The first-order chi connectivity index (χ1) is 10.2. The molecule has 1 aromatic carbocycles. The monoisotopic (exact) mass is 327 g/mol. The molecule has 2 N–H and O–H groups in total. The maximum absolute atomic E-state index is 9.96. The molecule has 114 valence electrons. The highest BCUT2D eigenvalue weighted by atomic mass is 35.5. The summed E-state index contributed by atoms with van der Waals surface area (Å²) in [7, 11) is 0. The number of nitrogens with one attached hydrogen (secondary N) is 1. The van der Waals surface area contributed by atoms with Gasteiger partial charge in [-0.05, 0) is 44.4 Å². The molecular weight excluding hydrogens is 309 g/mol. The van der Waals surface area contributed by atoms with E-state index in [4.69, 9.17) is 23.2 Å². The summed E-state index contributed by atoms with van der Waals surface area (Å²) in [5, 5.41) is 14.5. The molecule has 1 aliphatic heterocycles. The molecule has 2 atom stereocenters. The van der Waals surface area contributed by atoms with Crippen molar-refractivity contribution in [3.8, 4) is 0 Å². The molecule has 2 heterocycles. The summed E-state index contributed by atoms with van der Waals surface area (Å²) in [4.78, 5) is 4.36. The Morgan fingerprint density at radius 2 is 2.24 bits per heavy atom. The number of piperidine rings is 1. The number of aromatic nitrogens is 2. The second-order valence-corrected chi connectivity index (χ2v) is 6.36. The molecule has 0 saturated carbocycles. The zero-order valence-electron chi connectivity index (χ0n) is 11.7. The van der Waals surface area contributed by atoms with Crippen LogP contribution in [0.15, 0.2) is 18.5 Å². The lowest BCUT2D eigenvalue weighted by atomic mass is 9.97. The molecule has 1 aromatic heterocycles. The van der Waals surface area contributed by atoms with E-state index in [1.165, 1.54) is 0 Å². The third kappa shape index (κ3) is 3.19. The molecule has 3 rings (SSSR count). The summed E-state index contributed by atoms with van der Waals surface area (Å²) in [5.41, 5.74) is 1.75. The largest absolute Gasteiger partial charge is 0.392 e. The number of nitrogens with zero attached hydrogens (tertiary/aromatic N) is 2. The zero-order chi connectivity index (χ0) is 14.8. The van der Waals surface area contributed by atoms with Gasteiger partial charge in [0.05, 0.1) is 33.5 Å². The molecule has 0 unspecified atom stereocenters. The lowest BCUT2D eigenvalue weighted by Gasteiger charge is -2.29. The molecule has 1 saturated heterocycles. The smallest absolute Gasteiger partial charge is 0.0958 e. The summed E-state index contributed by atoms with van der Waals surface area (Å²) in [6, 6.07) is 3.85. The van der Waals surface area contributed by atoms with E-state index in [9.17, 15) is 5.11 Å². The molecule has 1 fully saturated rings. The summed E-state index contributed by atoms with van der Waals surface area (Å²) >= 11 is 12.4. The van der Waals surface area contributed by atoms with Gasteiger partial charge in [0.15, 0.2) is 0 Å². The van der Waals surface area contributed by atoms with Gasteiger partial charge in [0.25, 0.3) is 0 Å². The molecule has 2 aromatic rings. The van der Waals surface area contributed by atoms with Crippen LogP contribution in [0.1, 0.15) is 25.7 Å². The van der Waals surface area contributed by atoms with Crippen molar-refractivity contribution in [2.24, 2.45) is 0 Å². The number of halogens is 2. The Morgan fingerprint density at radius 3 is 3.05 bits per heavy atom. The number of benzene rings is 1. The molecule has 0 amide bonds. The Morgan fingerprint density at radius 1 is 1.38 bits per heavy atom. The second kappa shape index (κ2) is 6.53. The van der Waals surface area contributed by atoms with Crippen LogP contribution in [0.5, 0.6) is 0 Å². The number of aliphatic hydroxyl groups is 1. The Bertz CT molecular complexity index is 629. The van der Waals surface area contributed by atoms with Crippen molar-refractivity contribution in [2.75, 3.05) is 6.54 Å². The first-order valence-electron chi connectivity index (χ1n) is 7.37. The van der Waals surface area contributed by atoms with Gasteiger partial charge in [0.1, 0.15) is 0 Å². The molecular formula is C15H19Cl2N3O. The van der Waals surface area contributed by atoms with E-state index in [-0.39, 0.29) is 12.1 Å². The molecule has 0 aliphatic carbocycles. The number of aryl methyl sites for hydroxylation is 1. The van der Waals surface area contributed by atoms with Gasteiger partial charge in [-0.3, -0.25) is 0 Å². The van der Waals surface area contributed by atoms with Crippen molar-refractivity contribution >= 4 is 34.2 Å². The van der Waals surface area contributed by atoms with E-state index in [2.05, 4.69) is 10.3 Å². The van der Waals surface area contributed by atoms with E-state index in [0.29, 0.717) is 10.0 Å². The van der Waals surface area contributed by atoms with Crippen molar-refractivity contribution < 1.29 is 5.11 Å². The van der Waals surface area contributed by atoms with E-state index in [1.54, 1.807) is 12.4 Å². The average molecular weight is 328 g/mol. The fourth-order valence-corrected chi connectivity index (χ4v) is 3.40. The molecule has 6 heteroatoms. The lowest BCUT2D eigenvalue weighted by molar-refractivity contribution is 0.0909. The fourth-order valence-electron chi connectivity index (χ4n) is 2.98. The predicted molar refractivity (Wildman–Crippen MR) is 86.0 cm³/mol. The second-order valence-electron chi connectivity index (χ2n) is 5.58. The van der Waals surface area contributed by atoms with E-state index < -0.39 is 0 Å². The van der Waals surface area contributed by atoms with Crippen LogP contribution in [0, 0.1) is 0 Å². The van der Waals surface area contributed by atoms with E-state index >= 15 is 0 Å². The average Bonchev–Trinajstić information content (AvgIpc) is 2.89. The first kappa shape index (κ1) is 15.1. The minimum Gasteiger partial charge on any atom is -0.392 e. The molecule has 0 radical (unpaired) electrons. The van der Waals surface area contributed by atoms with Gasteiger partial charge in [0.2, 0.25) is 0 Å². The normalized spacial score (nSPS) is 22.8. The van der Waals surface area contributed by atoms with Gasteiger partial charge in [-0.2, -0.15) is 0 Å². The number of aliphatic hydroxyl groups excluding tert-OH is 1. The zero-order valence-corrected chi connectivity index (χ0v) is 13.2. The SMILES string of the molecule is O[C@H]1CCCN[C@@H]1CCCn1cnc2ccc(Cl)c(Cl)c21. The van der Waals surface area contributed by atoms with Crippen LogP contribution in [0.4, 0.5) is 0 Å². The molecule has 21 heavy (non-hydrogen) atoms. The summed E-state index contributed by atoms with van der Waals surface area (Å²) in [5.74, 6) is 0. The quantitative estimate of drug-likeness (QED) is 0.906. The van der Waals surface area contributed by atoms with Crippen LogP contribution in [-0.2, 0) is 6.54 Å². The topological polar surface area (TPSA) is 50.1 Å². The molecule has 0 bridgehead atoms. The number of rotatable bonds is 4. The van der Waals surface area contributed by atoms with Crippen LogP contribution >= 0.6 is 23.2 Å². The van der Waals surface area contributed by atoms with Crippen LogP contribution < -0.4 is 5.32 Å². The standard InChI is InChI=1S/C15H19Cl2N3O/c16-10-5-6-12-15(14(10)17)20(9-19-12)8-2-3-11-13(21)4-1-7-18-11/h5-6,9,11,13,18,21H,1-4,7-8H2/t11-,13+/m1/s1. The van der Waals surface area contributed by atoms with Crippen molar-refractivity contribution in [1.29, 1.82) is 0 Å². The maximum atomic E-state index is 9.96. The van der Waals surface area contributed by atoms with Crippen molar-refractivity contribution in [2.45, 2.75) is 44.4 Å².